The van der Waals surface area contributed by atoms with E-state index in [0.29, 0.717) is 6.17 Å². The molecule has 0 aliphatic heterocycles. The minimum Gasteiger partial charge on any atom is -0.294 e. The van der Waals surface area contributed by atoms with Crippen LogP contribution in [0.2, 0.25) is 0 Å². The van der Waals surface area contributed by atoms with Crippen molar-refractivity contribution in [2.75, 3.05) is 28.2 Å². The molecule has 0 atom stereocenters. The predicted octanol–water partition coefficient (Wildman–Crippen LogP) is 1.87. The van der Waals surface area contributed by atoms with Gasteiger partial charge in [0, 0.05) is 0 Å². The first-order valence-electron chi connectivity index (χ1n) is 4.87. The summed E-state index contributed by atoms with van der Waals surface area (Å²) < 4.78 is 0. The monoisotopic (exact) mass is 172 g/mol. The van der Waals surface area contributed by atoms with Crippen LogP contribution >= 0.6 is 0 Å². The predicted molar refractivity (Wildman–Crippen MR) is 55.2 cm³/mol. The third kappa shape index (κ3) is 3.11. The molecule has 0 bridgehead atoms. The number of rotatable bonds is 5. The lowest BCUT2D eigenvalue weighted by atomic mass is 9.98. The SMILES string of the molecule is CCC(CC)C(N(C)C)N(C)C. The van der Waals surface area contributed by atoms with Crippen molar-refractivity contribution < 1.29 is 0 Å². The Morgan fingerprint density at radius 2 is 1.17 bits per heavy atom. The summed E-state index contributed by atoms with van der Waals surface area (Å²) in [5, 5.41) is 0. The van der Waals surface area contributed by atoms with Gasteiger partial charge >= 0.3 is 0 Å². The van der Waals surface area contributed by atoms with Gasteiger partial charge in [0.25, 0.3) is 0 Å². The maximum absolute atomic E-state index is 2.30. The lowest BCUT2D eigenvalue weighted by Crippen LogP contribution is -2.45. The maximum Gasteiger partial charge on any atom is 0.0641 e. The van der Waals surface area contributed by atoms with Crippen LogP contribution in [0.15, 0.2) is 0 Å². The molecule has 0 spiro atoms. The van der Waals surface area contributed by atoms with Crippen molar-refractivity contribution in [3.63, 3.8) is 0 Å². The summed E-state index contributed by atoms with van der Waals surface area (Å²) >= 11 is 0. The third-order valence-corrected chi connectivity index (χ3v) is 2.53. The molecule has 12 heavy (non-hydrogen) atoms. The van der Waals surface area contributed by atoms with Crippen molar-refractivity contribution in [3.05, 3.63) is 0 Å². The fourth-order valence-electron chi connectivity index (χ4n) is 2.02. The van der Waals surface area contributed by atoms with Gasteiger partial charge in [-0.3, -0.25) is 9.80 Å². The van der Waals surface area contributed by atoms with E-state index in [1.165, 1.54) is 12.8 Å². The molecule has 0 aromatic heterocycles. The summed E-state index contributed by atoms with van der Waals surface area (Å²) in [6.45, 7) is 4.54. The van der Waals surface area contributed by atoms with Crippen LogP contribution in [0.3, 0.4) is 0 Å². The van der Waals surface area contributed by atoms with Gasteiger partial charge in [-0.25, -0.2) is 0 Å². The highest BCUT2D eigenvalue weighted by atomic mass is 15.3. The number of hydrogen-bond acceptors (Lipinski definition) is 2. The fourth-order valence-corrected chi connectivity index (χ4v) is 2.02. The molecule has 0 rings (SSSR count). The molecule has 2 heteroatoms. The van der Waals surface area contributed by atoms with Gasteiger partial charge < -0.3 is 0 Å². The Bertz CT molecular complexity index is 98.4. The van der Waals surface area contributed by atoms with Gasteiger partial charge in [-0.2, -0.15) is 0 Å². The van der Waals surface area contributed by atoms with Gasteiger partial charge in [0.1, 0.15) is 0 Å². The van der Waals surface area contributed by atoms with Crippen LogP contribution in [0.4, 0.5) is 0 Å². The molecule has 0 fully saturated rings. The largest absolute Gasteiger partial charge is 0.294 e. The van der Waals surface area contributed by atoms with E-state index < -0.39 is 0 Å². The van der Waals surface area contributed by atoms with Crippen molar-refractivity contribution in [2.24, 2.45) is 5.92 Å². The summed E-state index contributed by atoms with van der Waals surface area (Å²) in [4.78, 5) is 4.61. The van der Waals surface area contributed by atoms with Crippen molar-refractivity contribution >= 4 is 0 Å². The molecule has 0 aromatic carbocycles. The summed E-state index contributed by atoms with van der Waals surface area (Å²) in [5.74, 6) is 0.787. The van der Waals surface area contributed by atoms with Crippen molar-refractivity contribution in [3.8, 4) is 0 Å². The van der Waals surface area contributed by atoms with E-state index in [-0.39, 0.29) is 0 Å². The number of hydrogen-bond donors (Lipinski definition) is 0. The highest BCUT2D eigenvalue weighted by molar-refractivity contribution is 4.71. The molecule has 74 valence electrons. The first-order chi connectivity index (χ1) is 5.54. The van der Waals surface area contributed by atoms with E-state index >= 15 is 0 Å². The van der Waals surface area contributed by atoms with Crippen LogP contribution in [0.25, 0.3) is 0 Å². The Hall–Kier alpha value is -0.0800. The standard InChI is InChI=1S/C10H24N2/c1-7-9(8-2)10(11(3)4)12(5)6/h9-10H,7-8H2,1-6H3. The van der Waals surface area contributed by atoms with E-state index in [4.69, 9.17) is 0 Å². The zero-order chi connectivity index (χ0) is 9.72. The second-order valence-electron chi connectivity index (χ2n) is 3.92. The zero-order valence-electron chi connectivity index (χ0n) is 9.46. The molecule has 2 nitrogen and oxygen atoms in total. The van der Waals surface area contributed by atoms with E-state index in [1.807, 2.05) is 0 Å². The van der Waals surface area contributed by atoms with E-state index in [1.54, 1.807) is 0 Å². The molecule has 0 radical (unpaired) electrons. The molecule has 0 unspecified atom stereocenters. The number of nitrogens with zero attached hydrogens (tertiary/aromatic N) is 2. The Labute approximate surface area is 77.5 Å². The second-order valence-corrected chi connectivity index (χ2v) is 3.92. The van der Waals surface area contributed by atoms with Gasteiger partial charge in [0.05, 0.1) is 6.17 Å². The van der Waals surface area contributed by atoms with Crippen molar-refractivity contribution in [1.29, 1.82) is 0 Å². The van der Waals surface area contributed by atoms with Crippen LogP contribution in [0.5, 0.6) is 0 Å². The molecular formula is C10H24N2. The minimum atomic E-state index is 0.583. The lowest BCUT2D eigenvalue weighted by Gasteiger charge is -2.36. The quantitative estimate of drug-likeness (QED) is 0.584. The van der Waals surface area contributed by atoms with Gasteiger partial charge in [-0.05, 0) is 34.1 Å². The smallest absolute Gasteiger partial charge is 0.0641 e. The Morgan fingerprint density at radius 3 is 1.25 bits per heavy atom. The van der Waals surface area contributed by atoms with E-state index in [0.717, 1.165) is 5.92 Å². The molecule has 0 N–H and O–H groups in total. The second kappa shape index (κ2) is 5.55. The molecule has 0 saturated carbocycles. The van der Waals surface area contributed by atoms with Crippen LogP contribution < -0.4 is 0 Å². The highest BCUT2D eigenvalue weighted by Crippen LogP contribution is 2.18. The van der Waals surface area contributed by atoms with Crippen molar-refractivity contribution in [1.82, 2.24) is 9.80 Å². The Kier molecular flexibility index (Phi) is 5.51. The van der Waals surface area contributed by atoms with Crippen molar-refractivity contribution in [2.45, 2.75) is 32.9 Å². The molecule has 0 aliphatic rings. The molecule has 0 aliphatic carbocycles. The van der Waals surface area contributed by atoms with Crippen LogP contribution in [0, 0.1) is 5.92 Å². The first kappa shape index (κ1) is 11.9. The zero-order valence-corrected chi connectivity index (χ0v) is 9.46. The molecule has 0 saturated heterocycles. The Morgan fingerprint density at radius 1 is 0.833 bits per heavy atom. The average molecular weight is 172 g/mol. The third-order valence-electron chi connectivity index (χ3n) is 2.53. The first-order valence-corrected chi connectivity index (χ1v) is 4.87. The van der Waals surface area contributed by atoms with E-state index in [2.05, 4.69) is 51.8 Å². The lowest BCUT2D eigenvalue weighted by molar-refractivity contribution is 0.0663. The van der Waals surface area contributed by atoms with Crippen LogP contribution in [-0.4, -0.2) is 44.2 Å². The average Bonchev–Trinajstić information content (AvgIpc) is 1.98. The van der Waals surface area contributed by atoms with Gasteiger partial charge in [0.2, 0.25) is 0 Å². The molecule has 0 aromatic rings. The molecule has 0 amide bonds. The summed E-state index contributed by atoms with van der Waals surface area (Å²) in [7, 11) is 8.62. The van der Waals surface area contributed by atoms with E-state index in [9.17, 15) is 0 Å². The topological polar surface area (TPSA) is 6.48 Å². The summed E-state index contributed by atoms with van der Waals surface area (Å²) in [5.41, 5.74) is 0. The summed E-state index contributed by atoms with van der Waals surface area (Å²) in [6, 6.07) is 0. The van der Waals surface area contributed by atoms with Gasteiger partial charge in [0.15, 0.2) is 0 Å². The molecule has 0 heterocycles. The van der Waals surface area contributed by atoms with Gasteiger partial charge in [-0.15, -0.1) is 0 Å². The summed E-state index contributed by atoms with van der Waals surface area (Å²) in [6.07, 6.45) is 3.11. The normalized spacial score (nSPS) is 12.5. The maximum atomic E-state index is 2.30. The van der Waals surface area contributed by atoms with Crippen LogP contribution in [0.1, 0.15) is 26.7 Å². The Balaban J connectivity index is 4.26. The highest BCUT2D eigenvalue weighted by Gasteiger charge is 2.21. The molecular weight excluding hydrogens is 148 g/mol. The van der Waals surface area contributed by atoms with Gasteiger partial charge in [-0.1, -0.05) is 26.7 Å². The minimum absolute atomic E-state index is 0.583. The van der Waals surface area contributed by atoms with Crippen LogP contribution in [-0.2, 0) is 0 Å². The fraction of sp³-hybridized carbons (Fsp3) is 1.00.